The average Bonchev–Trinajstić information content (AvgIpc) is 2.11. The van der Waals surface area contributed by atoms with Gasteiger partial charge < -0.3 is 15.9 Å². The lowest BCUT2D eigenvalue weighted by Gasteiger charge is -2.12. The van der Waals surface area contributed by atoms with Crippen molar-refractivity contribution in [2.75, 3.05) is 6.61 Å². The lowest BCUT2D eigenvalue weighted by Crippen LogP contribution is -2.24. The summed E-state index contributed by atoms with van der Waals surface area (Å²) in [4.78, 5) is 0. The Morgan fingerprint density at radius 1 is 1.58 bits per heavy atom. The van der Waals surface area contributed by atoms with Crippen molar-refractivity contribution >= 4 is 6.21 Å². The van der Waals surface area contributed by atoms with Gasteiger partial charge in [-0.05, 0) is 20.3 Å². The molecular formula is C9H18N2O. The minimum Gasteiger partial charge on any atom is -0.496 e. The molecule has 0 saturated heterocycles. The topological polar surface area (TPSA) is 59.1 Å². The fourth-order valence-electron chi connectivity index (χ4n) is 0.565. The molecule has 0 aliphatic carbocycles. The molecule has 0 heterocycles. The Balaban J connectivity index is 3.85. The van der Waals surface area contributed by atoms with Crippen LogP contribution >= 0.6 is 0 Å². The number of ether oxygens (including phenoxy) is 1. The number of hydrogen-bond acceptors (Lipinski definition) is 3. The van der Waals surface area contributed by atoms with E-state index in [0.29, 0.717) is 6.61 Å². The van der Waals surface area contributed by atoms with Crippen molar-refractivity contribution in [1.82, 2.24) is 0 Å². The molecule has 0 saturated carbocycles. The summed E-state index contributed by atoms with van der Waals surface area (Å²) in [5, 5.41) is 6.98. The maximum atomic E-state index is 6.98. The highest BCUT2D eigenvalue weighted by molar-refractivity contribution is 5.75. The Kier molecular flexibility index (Phi) is 5.37. The minimum absolute atomic E-state index is 0.0958. The standard InChI is InChI=1S/C9H18N2O/c1-4-9(11)6-12-8(3)7(2)5-10/h5,9-10H,4,6,11H2,1-3H3/b8-7+,10-5?/t9-/m1/s1. The summed E-state index contributed by atoms with van der Waals surface area (Å²) in [6, 6.07) is 0.0958. The Morgan fingerprint density at radius 2 is 2.17 bits per heavy atom. The molecule has 0 fully saturated rings. The average molecular weight is 170 g/mol. The Morgan fingerprint density at radius 3 is 2.58 bits per heavy atom. The summed E-state index contributed by atoms with van der Waals surface area (Å²) in [6.45, 7) is 6.26. The third-order valence-corrected chi connectivity index (χ3v) is 1.81. The molecule has 0 aliphatic rings. The van der Waals surface area contributed by atoms with Crippen molar-refractivity contribution in [3.05, 3.63) is 11.3 Å². The molecule has 3 heteroatoms. The molecule has 0 bridgehead atoms. The summed E-state index contributed by atoms with van der Waals surface area (Å²) < 4.78 is 5.35. The zero-order valence-corrected chi connectivity index (χ0v) is 8.05. The van der Waals surface area contributed by atoms with Crippen molar-refractivity contribution < 1.29 is 4.74 Å². The number of allylic oxidation sites excluding steroid dienone is 2. The molecule has 0 radical (unpaired) electrons. The third-order valence-electron chi connectivity index (χ3n) is 1.81. The molecular weight excluding hydrogens is 152 g/mol. The second kappa shape index (κ2) is 5.77. The Bertz CT molecular complexity index is 175. The summed E-state index contributed by atoms with van der Waals surface area (Å²) >= 11 is 0. The SMILES string of the molecule is CC[C@@H](N)CO/C(C)=C(\C)C=N. The highest BCUT2D eigenvalue weighted by atomic mass is 16.5. The van der Waals surface area contributed by atoms with E-state index in [2.05, 4.69) is 0 Å². The zero-order chi connectivity index (χ0) is 9.56. The molecule has 0 aliphatic heterocycles. The summed E-state index contributed by atoms with van der Waals surface area (Å²) in [6.07, 6.45) is 2.20. The number of rotatable bonds is 5. The fourth-order valence-corrected chi connectivity index (χ4v) is 0.565. The molecule has 3 nitrogen and oxygen atoms in total. The molecule has 3 N–H and O–H groups in total. The Labute approximate surface area is 74.1 Å². The van der Waals surface area contributed by atoms with Gasteiger partial charge in [0.05, 0.1) is 5.76 Å². The van der Waals surface area contributed by atoms with Gasteiger partial charge in [0.25, 0.3) is 0 Å². The van der Waals surface area contributed by atoms with Crippen molar-refractivity contribution in [1.29, 1.82) is 5.41 Å². The van der Waals surface area contributed by atoms with Gasteiger partial charge in [0, 0.05) is 17.8 Å². The van der Waals surface area contributed by atoms with Crippen LogP contribution in [-0.4, -0.2) is 18.9 Å². The van der Waals surface area contributed by atoms with E-state index in [1.807, 2.05) is 20.8 Å². The molecule has 0 amide bonds. The van der Waals surface area contributed by atoms with Gasteiger partial charge in [0.2, 0.25) is 0 Å². The van der Waals surface area contributed by atoms with Crippen LogP contribution in [-0.2, 0) is 4.74 Å². The second-order valence-corrected chi connectivity index (χ2v) is 2.86. The van der Waals surface area contributed by atoms with Crippen LogP contribution in [0.2, 0.25) is 0 Å². The lowest BCUT2D eigenvalue weighted by atomic mass is 10.2. The van der Waals surface area contributed by atoms with Gasteiger partial charge in [-0.15, -0.1) is 0 Å². The van der Waals surface area contributed by atoms with Gasteiger partial charge in [-0.1, -0.05) is 6.92 Å². The normalized spacial score (nSPS) is 15.0. The van der Waals surface area contributed by atoms with Crippen LogP contribution in [0.1, 0.15) is 27.2 Å². The first-order valence-corrected chi connectivity index (χ1v) is 4.18. The molecule has 0 aromatic rings. The van der Waals surface area contributed by atoms with Crippen molar-refractivity contribution in [2.45, 2.75) is 33.2 Å². The highest BCUT2D eigenvalue weighted by Crippen LogP contribution is 2.03. The summed E-state index contributed by atoms with van der Waals surface area (Å²) in [5.41, 5.74) is 6.50. The lowest BCUT2D eigenvalue weighted by molar-refractivity contribution is 0.191. The van der Waals surface area contributed by atoms with E-state index < -0.39 is 0 Å². The molecule has 0 aromatic carbocycles. The van der Waals surface area contributed by atoms with Crippen LogP contribution in [0.4, 0.5) is 0 Å². The van der Waals surface area contributed by atoms with E-state index in [1.165, 1.54) is 6.21 Å². The van der Waals surface area contributed by atoms with Gasteiger partial charge in [-0.2, -0.15) is 0 Å². The predicted octanol–water partition coefficient (Wildman–Crippen LogP) is 1.68. The van der Waals surface area contributed by atoms with Crippen LogP contribution in [0, 0.1) is 5.41 Å². The van der Waals surface area contributed by atoms with Crippen molar-refractivity contribution in [2.24, 2.45) is 5.73 Å². The number of nitrogens with one attached hydrogen (secondary N) is 1. The largest absolute Gasteiger partial charge is 0.496 e. The molecule has 0 aromatic heterocycles. The van der Waals surface area contributed by atoms with Crippen LogP contribution in [0.5, 0.6) is 0 Å². The quantitative estimate of drug-likeness (QED) is 0.487. The van der Waals surface area contributed by atoms with Gasteiger partial charge in [-0.25, -0.2) is 0 Å². The monoisotopic (exact) mass is 170 g/mol. The van der Waals surface area contributed by atoms with Crippen LogP contribution < -0.4 is 5.73 Å². The van der Waals surface area contributed by atoms with E-state index in [4.69, 9.17) is 15.9 Å². The molecule has 1 atom stereocenters. The maximum absolute atomic E-state index is 6.98. The third kappa shape index (κ3) is 4.13. The van der Waals surface area contributed by atoms with Crippen LogP contribution in [0.3, 0.4) is 0 Å². The maximum Gasteiger partial charge on any atom is 0.103 e. The Hall–Kier alpha value is -0.830. The highest BCUT2D eigenvalue weighted by Gasteiger charge is 2.00. The zero-order valence-electron chi connectivity index (χ0n) is 8.05. The predicted molar refractivity (Wildman–Crippen MR) is 51.4 cm³/mol. The first kappa shape index (κ1) is 11.2. The van der Waals surface area contributed by atoms with Gasteiger partial charge in [0.15, 0.2) is 0 Å². The number of nitrogens with two attached hydrogens (primary N) is 1. The first-order chi connectivity index (χ1) is 5.61. The van der Waals surface area contributed by atoms with Crippen LogP contribution in [0.15, 0.2) is 11.3 Å². The molecule has 12 heavy (non-hydrogen) atoms. The molecule has 0 spiro atoms. The van der Waals surface area contributed by atoms with Crippen molar-refractivity contribution in [3.63, 3.8) is 0 Å². The molecule has 0 rings (SSSR count). The first-order valence-electron chi connectivity index (χ1n) is 4.18. The van der Waals surface area contributed by atoms with E-state index in [-0.39, 0.29) is 6.04 Å². The van der Waals surface area contributed by atoms with Gasteiger partial charge in [-0.3, -0.25) is 0 Å². The van der Waals surface area contributed by atoms with E-state index in [9.17, 15) is 0 Å². The number of hydrogen-bond donors (Lipinski definition) is 2. The van der Waals surface area contributed by atoms with Gasteiger partial charge in [0.1, 0.15) is 6.61 Å². The summed E-state index contributed by atoms with van der Waals surface area (Å²) in [5.74, 6) is 0.786. The smallest absolute Gasteiger partial charge is 0.103 e. The minimum atomic E-state index is 0.0958. The molecule has 0 unspecified atom stereocenters. The van der Waals surface area contributed by atoms with Gasteiger partial charge >= 0.3 is 0 Å². The van der Waals surface area contributed by atoms with Crippen LogP contribution in [0.25, 0.3) is 0 Å². The second-order valence-electron chi connectivity index (χ2n) is 2.86. The van der Waals surface area contributed by atoms with E-state index >= 15 is 0 Å². The molecule has 70 valence electrons. The van der Waals surface area contributed by atoms with E-state index in [1.54, 1.807) is 0 Å². The summed E-state index contributed by atoms with van der Waals surface area (Å²) in [7, 11) is 0. The van der Waals surface area contributed by atoms with E-state index in [0.717, 1.165) is 17.8 Å². The fraction of sp³-hybridized carbons (Fsp3) is 0.667. The van der Waals surface area contributed by atoms with Crippen molar-refractivity contribution in [3.8, 4) is 0 Å².